The maximum absolute atomic E-state index is 11.7. The average Bonchev–Trinajstić information content (AvgIpc) is 2.81. The van der Waals surface area contributed by atoms with Crippen molar-refractivity contribution in [1.29, 1.82) is 0 Å². The highest BCUT2D eigenvalue weighted by Gasteiger charge is 2.09. The molecule has 0 saturated carbocycles. The van der Waals surface area contributed by atoms with E-state index in [9.17, 15) is 4.79 Å². The van der Waals surface area contributed by atoms with E-state index in [0.29, 0.717) is 18.2 Å². The van der Waals surface area contributed by atoms with Gasteiger partial charge in [-0.3, -0.25) is 4.79 Å². The molecule has 0 fully saturated rings. The van der Waals surface area contributed by atoms with Crippen LogP contribution in [-0.4, -0.2) is 48.3 Å². The molecule has 0 saturated heterocycles. The fraction of sp³-hybridized carbons (Fsp3) is 0.750. The molecule has 6 nitrogen and oxygen atoms in total. The predicted octanol–water partition coefficient (Wildman–Crippen LogP) is 1.74. The van der Waals surface area contributed by atoms with Gasteiger partial charge in [-0.05, 0) is 20.0 Å². The summed E-state index contributed by atoms with van der Waals surface area (Å²) in [5, 5.41) is 11.9. The Morgan fingerprint density at radius 1 is 1.42 bits per heavy atom. The number of rotatable bonds is 9. The molecule has 1 amide bonds. The van der Waals surface area contributed by atoms with Crippen molar-refractivity contribution >= 4 is 22.4 Å². The summed E-state index contributed by atoms with van der Waals surface area (Å²) in [5.41, 5.74) is 0. The smallest absolute Gasteiger partial charge is 0.227 e. The Bertz CT molecular complexity index is 384. The van der Waals surface area contributed by atoms with Gasteiger partial charge >= 0.3 is 0 Å². The molecule has 1 N–H and O–H groups in total. The first-order valence-corrected chi connectivity index (χ1v) is 7.27. The van der Waals surface area contributed by atoms with Crippen molar-refractivity contribution in [3.05, 3.63) is 5.01 Å². The molecular formula is C12H22N4O2S. The van der Waals surface area contributed by atoms with E-state index >= 15 is 0 Å². The minimum atomic E-state index is -0.0246. The summed E-state index contributed by atoms with van der Waals surface area (Å²) in [6.07, 6.45) is 2.80. The Kier molecular flexibility index (Phi) is 7.54. The van der Waals surface area contributed by atoms with Gasteiger partial charge in [-0.1, -0.05) is 24.7 Å². The van der Waals surface area contributed by atoms with Crippen LogP contribution in [0.2, 0.25) is 0 Å². The minimum Gasteiger partial charge on any atom is -0.377 e. The van der Waals surface area contributed by atoms with E-state index in [1.807, 2.05) is 7.05 Å². The molecule has 0 aliphatic heterocycles. The number of methoxy groups -OCH3 is 1. The molecule has 1 heterocycles. The quantitative estimate of drug-likeness (QED) is 0.749. The molecule has 0 aliphatic carbocycles. The van der Waals surface area contributed by atoms with E-state index in [-0.39, 0.29) is 5.91 Å². The van der Waals surface area contributed by atoms with Gasteiger partial charge in [-0.25, -0.2) is 0 Å². The van der Waals surface area contributed by atoms with Gasteiger partial charge in [0.15, 0.2) is 0 Å². The number of hydrogen-bond acceptors (Lipinski definition) is 6. The number of ether oxygens (including phenoxy) is 1. The van der Waals surface area contributed by atoms with Gasteiger partial charge in [0.2, 0.25) is 11.0 Å². The maximum atomic E-state index is 11.7. The first-order valence-electron chi connectivity index (χ1n) is 6.45. The number of unbranched alkanes of at least 4 members (excludes halogenated alkanes) is 1. The first kappa shape index (κ1) is 16.0. The number of hydrogen-bond donors (Lipinski definition) is 1. The lowest BCUT2D eigenvalue weighted by molar-refractivity contribution is -0.116. The standard InChI is InChI=1S/C12H22N4O2S/c1-4-5-7-16(2)8-6-10(17)13-12-15-14-11(19-12)9-18-3/h4-9H2,1-3H3,(H,13,15,17). The number of nitrogens with zero attached hydrogens (tertiary/aromatic N) is 3. The summed E-state index contributed by atoms with van der Waals surface area (Å²) in [6, 6.07) is 0. The highest BCUT2D eigenvalue weighted by Crippen LogP contribution is 2.15. The molecule has 7 heteroatoms. The van der Waals surface area contributed by atoms with Crippen LogP contribution in [0.25, 0.3) is 0 Å². The summed E-state index contributed by atoms with van der Waals surface area (Å²) < 4.78 is 4.95. The predicted molar refractivity (Wildman–Crippen MR) is 76.3 cm³/mol. The minimum absolute atomic E-state index is 0.0246. The largest absolute Gasteiger partial charge is 0.377 e. The number of nitrogens with one attached hydrogen (secondary N) is 1. The molecule has 1 rings (SSSR count). The molecule has 0 bridgehead atoms. The molecule has 0 unspecified atom stereocenters. The van der Waals surface area contributed by atoms with Gasteiger partial charge in [-0.15, -0.1) is 10.2 Å². The van der Waals surface area contributed by atoms with Crippen molar-refractivity contribution in [3.63, 3.8) is 0 Å². The fourth-order valence-corrected chi connectivity index (χ4v) is 2.23. The van der Waals surface area contributed by atoms with E-state index in [1.165, 1.54) is 17.8 Å². The van der Waals surface area contributed by atoms with Crippen molar-refractivity contribution in [2.24, 2.45) is 0 Å². The zero-order valence-corrected chi connectivity index (χ0v) is 12.6. The van der Waals surface area contributed by atoms with Gasteiger partial charge in [0.1, 0.15) is 11.6 Å². The monoisotopic (exact) mass is 286 g/mol. The molecular weight excluding hydrogens is 264 g/mol. The van der Waals surface area contributed by atoms with Gasteiger partial charge in [0.25, 0.3) is 0 Å². The van der Waals surface area contributed by atoms with Crippen molar-refractivity contribution < 1.29 is 9.53 Å². The molecule has 0 radical (unpaired) electrons. The van der Waals surface area contributed by atoms with E-state index in [1.54, 1.807) is 7.11 Å². The highest BCUT2D eigenvalue weighted by molar-refractivity contribution is 7.15. The third-order valence-electron chi connectivity index (χ3n) is 2.59. The van der Waals surface area contributed by atoms with Gasteiger partial charge in [0.05, 0.1) is 0 Å². The second kappa shape index (κ2) is 8.95. The SMILES string of the molecule is CCCCN(C)CCC(=O)Nc1nnc(COC)s1. The summed E-state index contributed by atoms with van der Waals surface area (Å²) in [4.78, 5) is 13.9. The van der Waals surface area contributed by atoms with Crippen LogP contribution in [0.1, 0.15) is 31.2 Å². The fourth-order valence-electron chi connectivity index (χ4n) is 1.50. The lowest BCUT2D eigenvalue weighted by Gasteiger charge is -2.15. The van der Waals surface area contributed by atoms with Crippen LogP contribution in [0.4, 0.5) is 5.13 Å². The second-order valence-corrected chi connectivity index (χ2v) is 5.45. The molecule has 19 heavy (non-hydrogen) atoms. The number of carbonyl (C=O) groups excluding carboxylic acids is 1. The third-order valence-corrected chi connectivity index (χ3v) is 3.41. The molecule has 0 spiro atoms. The molecule has 1 aromatic rings. The topological polar surface area (TPSA) is 67.4 Å². The number of aromatic nitrogens is 2. The molecule has 1 aromatic heterocycles. The van der Waals surface area contributed by atoms with Gasteiger partial charge in [0, 0.05) is 20.1 Å². The molecule has 0 aliphatic rings. The van der Waals surface area contributed by atoms with Crippen molar-refractivity contribution in [2.45, 2.75) is 32.8 Å². The van der Waals surface area contributed by atoms with E-state index in [4.69, 9.17) is 4.74 Å². The lowest BCUT2D eigenvalue weighted by atomic mass is 10.3. The number of anilines is 1. The van der Waals surface area contributed by atoms with Gasteiger partial charge in [-0.2, -0.15) is 0 Å². The summed E-state index contributed by atoms with van der Waals surface area (Å²) >= 11 is 1.34. The summed E-state index contributed by atoms with van der Waals surface area (Å²) in [6.45, 7) is 4.37. The van der Waals surface area contributed by atoms with Crippen LogP contribution in [0, 0.1) is 0 Å². The maximum Gasteiger partial charge on any atom is 0.227 e. The Morgan fingerprint density at radius 3 is 2.89 bits per heavy atom. The first-order chi connectivity index (χ1) is 9.15. The Morgan fingerprint density at radius 2 is 2.21 bits per heavy atom. The Labute approximate surface area is 118 Å². The highest BCUT2D eigenvalue weighted by atomic mass is 32.1. The third kappa shape index (κ3) is 6.60. The van der Waals surface area contributed by atoms with Crippen molar-refractivity contribution in [2.75, 3.05) is 32.6 Å². The van der Waals surface area contributed by atoms with Crippen LogP contribution < -0.4 is 5.32 Å². The van der Waals surface area contributed by atoms with Gasteiger partial charge < -0.3 is 15.0 Å². The zero-order valence-electron chi connectivity index (χ0n) is 11.8. The lowest BCUT2D eigenvalue weighted by Crippen LogP contribution is -2.25. The summed E-state index contributed by atoms with van der Waals surface area (Å²) in [5.74, 6) is -0.0246. The zero-order chi connectivity index (χ0) is 14.1. The van der Waals surface area contributed by atoms with Crippen LogP contribution in [0.5, 0.6) is 0 Å². The normalized spacial score (nSPS) is 10.9. The van der Waals surface area contributed by atoms with E-state index < -0.39 is 0 Å². The second-order valence-electron chi connectivity index (χ2n) is 4.39. The number of carbonyl (C=O) groups is 1. The van der Waals surface area contributed by atoms with E-state index in [2.05, 4.69) is 27.3 Å². The Hall–Kier alpha value is -1.05. The van der Waals surface area contributed by atoms with Crippen molar-refractivity contribution in [3.8, 4) is 0 Å². The van der Waals surface area contributed by atoms with Crippen LogP contribution >= 0.6 is 11.3 Å². The van der Waals surface area contributed by atoms with Crippen LogP contribution in [0.15, 0.2) is 0 Å². The Balaban J connectivity index is 2.26. The summed E-state index contributed by atoms with van der Waals surface area (Å²) in [7, 11) is 3.64. The number of amides is 1. The van der Waals surface area contributed by atoms with Crippen LogP contribution in [-0.2, 0) is 16.1 Å². The van der Waals surface area contributed by atoms with Crippen LogP contribution in [0.3, 0.4) is 0 Å². The molecule has 0 aromatic carbocycles. The molecule has 0 atom stereocenters. The van der Waals surface area contributed by atoms with Crippen molar-refractivity contribution in [1.82, 2.24) is 15.1 Å². The van der Waals surface area contributed by atoms with E-state index in [0.717, 1.165) is 24.5 Å². The molecule has 108 valence electrons. The average molecular weight is 286 g/mol.